The molecule has 1 aromatic heterocycles. The number of hydrogen-bond acceptors (Lipinski definition) is 7. The topological polar surface area (TPSA) is 120 Å². The van der Waals surface area contributed by atoms with Gasteiger partial charge in [-0.2, -0.15) is 0 Å². The lowest BCUT2D eigenvalue weighted by Crippen LogP contribution is -3.00. The molecule has 0 unspecified atom stereocenters. The fraction of sp³-hybridized carbons (Fsp3) is 0.273. The molecule has 10 heteroatoms. The molecule has 0 saturated heterocycles. The number of amides is 1. The van der Waals surface area contributed by atoms with Gasteiger partial charge in [-0.05, 0) is 29.8 Å². The van der Waals surface area contributed by atoms with E-state index in [0.717, 1.165) is 16.7 Å². The van der Waals surface area contributed by atoms with Crippen LogP contribution in [0.25, 0.3) is 22.4 Å². The Morgan fingerprint density at radius 3 is 2.19 bits per heavy atom. The average molecular weight is 464 g/mol. The number of halogens is 1. The smallest absolute Gasteiger partial charge is 0.230 e. The van der Waals surface area contributed by atoms with Gasteiger partial charge in [-0.3, -0.25) is 4.79 Å². The van der Waals surface area contributed by atoms with Gasteiger partial charge in [0.05, 0.1) is 47.1 Å². The van der Waals surface area contributed by atoms with E-state index in [9.17, 15) is 4.79 Å². The van der Waals surface area contributed by atoms with Gasteiger partial charge in [0.15, 0.2) is 11.5 Å². The number of anilines is 1. The van der Waals surface area contributed by atoms with E-state index in [1.807, 2.05) is 12.1 Å². The van der Waals surface area contributed by atoms with Crippen molar-refractivity contribution in [3.8, 4) is 45.4 Å². The summed E-state index contributed by atoms with van der Waals surface area (Å²) in [6, 6.07) is 9.05. The standard InChI is InChI=1S/C22H25N3O6.ClH/c1-27-17-6-5-13(9-16(17)24-20(26)7-8-23)15-12-31-25-21(15)14-10-18(28-2)22(30-4)19(11-14)29-3;/h5-6,9-12H,7-8,23H2,1-4H3,(H,24,26);1H. The van der Waals surface area contributed by atoms with Crippen molar-refractivity contribution in [1.29, 1.82) is 0 Å². The van der Waals surface area contributed by atoms with Gasteiger partial charge in [-0.25, -0.2) is 0 Å². The molecule has 1 amide bonds. The van der Waals surface area contributed by atoms with Gasteiger partial charge in [-0.1, -0.05) is 11.2 Å². The van der Waals surface area contributed by atoms with Crippen LogP contribution >= 0.6 is 0 Å². The first-order chi connectivity index (χ1) is 15.1. The monoisotopic (exact) mass is 463 g/mol. The Kier molecular flexibility index (Phi) is 8.74. The summed E-state index contributed by atoms with van der Waals surface area (Å²) in [5, 5.41) is 7.04. The van der Waals surface area contributed by atoms with Gasteiger partial charge in [0.2, 0.25) is 11.7 Å². The zero-order chi connectivity index (χ0) is 22.4. The molecular formula is C22H26ClN3O6. The van der Waals surface area contributed by atoms with Crippen LogP contribution < -0.4 is 42.4 Å². The van der Waals surface area contributed by atoms with Crippen LogP contribution in [0.4, 0.5) is 5.69 Å². The number of aromatic nitrogens is 1. The van der Waals surface area contributed by atoms with Crippen LogP contribution in [0, 0.1) is 0 Å². The summed E-state index contributed by atoms with van der Waals surface area (Å²) < 4.78 is 27.0. The summed E-state index contributed by atoms with van der Waals surface area (Å²) in [6.45, 7) is 0.505. The summed E-state index contributed by atoms with van der Waals surface area (Å²) in [5.74, 6) is 1.90. The van der Waals surface area contributed by atoms with E-state index < -0.39 is 0 Å². The van der Waals surface area contributed by atoms with Crippen molar-refractivity contribution in [3.63, 3.8) is 0 Å². The Bertz CT molecular complexity index is 1040. The van der Waals surface area contributed by atoms with Gasteiger partial charge in [0, 0.05) is 11.1 Å². The molecule has 1 heterocycles. The van der Waals surface area contributed by atoms with E-state index in [2.05, 4.69) is 16.2 Å². The molecule has 0 radical (unpaired) electrons. The fourth-order valence-electron chi connectivity index (χ4n) is 3.21. The van der Waals surface area contributed by atoms with Crippen LogP contribution in [0.2, 0.25) is 0 Å². The number of nitrogens with one attached hydrogen (secondary N) is 1. The van der Waals surface area contributed by atoms with E-state index in [4.69, 9.17) is 23.5 Å². The molecule has 0 aliphatic carbocycles. The van der Waals surface area contributed by atoms with Crippen molar-refractivity contribution in [2.24, 2.45) is 0 Å². The Morgan fingerprint density at radius 2 is 1.62 bits per heavy atom. The number of methoxy groups -OCH3 is 4. The lowest BCUT2D eigenvalue weighted by atomic mass is 10.0. The van der Waals surface area contributed by atoms with Crippen LogP contribution in [0.5, 0.6) is 23.0 Å². The number of hydrogen-bond donors (Lipinski definition) is 2. The van der Waals surface area contributed by atoms with Crippen LogP contribution in [0.15, 0.2) is 41.1 Å². The zero-order valence-corrected chi connectivity index (χ0v) is 19.1. The predicted octanol–water partition coefficient (Wildman–Crippen LogP) is -0.382. The molecule has 0 saturated carbocycles. The summed E-state index contributed by atoms with van der Waals surface area (Å²) in [6.07, 6.45) is 1.86. The Balaban J connectivity index is 0.00000363. The molecule has 3 aromatic rings. The number of carbonyl (C=O) groups is 1. The summed E-state index contributed by atoms with van der Waals surface area (Å²) in [4.78, 5) is 12.1. The molecule has 0 bridgehead atoms. The van der Waals surface area contributed by atoms with Gasteiger partial charge in [0.1, 0.15) is 17.7 Å². The van der Waals surface area contributed by atoms with Gasteiger partial charge < -0.3 is 46.9 Å². The van der Waals surface area contributed by atoms with Crippen molar-refractivity contribution in [1.82, 2.24) is 5.16 Å². The maximum Gasteiger partial charge on any atom is 0.230 e. The third-order valence-electron chi connectivity index (χ3n) is 4.70. The first kappa shape index (κ1) is 24.8. The van der Waals surface area contributed by atoms with Gasteiger partial charge in [0.25, 0.3) is 0 Å². The summed E-state index contributed by atoms with van der Waals surface area (Å²) in [5.41, 5.74) is 7.08. The predicted molar refractivity (Wildman–Crippen MR) is 115 cm³/mol. The van der Waals surface area contributed by atoms with Crippen LogP contribution in [0.1, 0.15) is 6.42 Å². The lowest BCUT2D eigenvalue weighted by Gasteiger charge is -2.14. The second-order valence-corrected chi connectivity index (χ2v) is 6.56. The van der Waals surface area contributed by atoms with E-state index in [-0.39, 0.29) is 18.3 Å². The van der Waals surface area contributed by atoms with E-state index >= 15 is 0 Å². The lowest BCUT2D eigenvalue weighted by molar-refractivity contribution is -0.365. The highest BCUT2D eigenvalue weighted by molar-refractivity contribution is 5.94. The molecule has 2 aromatic carbocycles. The molecule has 32 heavy (non-hydrogen) atoms. The third kappa shape index (κ3) is 5.06. The Labute approximate surface area is 192 Å². The van der Waals surface area contributed by atoms with Crippen LogP contribution in [-0.4, -0.2) is 46.0 Å². The van der Waals surface area contributed by atoms with Crippen molar-refractivity contribution in [3.05, 3.63) is 36.6 Å². The van der Waals surface area contributed by atoms with Crippen LogP contribution in [0.3, 0.4) is 0 Å². The molecular weight excluding hydrogens is 438 g/mol. The second kappa shape index (κ2) is 11.3. The van der Waals surface area contributed by atoms with Gasteiger partial charge >= 0.3 is 0 Å². The highest BCUT2D eigenvalue weighted by Gasteiger charge is 2.20. The van der Waals surface area contributed by atoms with E-state index in [1.165, 1.54) is 0 Å². The summed E-state index contributed by atoms with van der Waals surface area (Å²) >= 11 is 0. The molecule has 9 nitrogen and oxygen atoms in total. The minimum Gasteiger partial charge on any atom is -1.00 e. The SMILES string of the molecule is COc1ccc(-c2conc2-c2cc(OC)c(OC)c(OC)c2)cc1NC(=O)CC[NH3+].[Cl-]. The van der Waals surface area contributed by atoms with Crippen molar-refractivity contribution < 1.29 is 46.4 Å². The molecule has 4 N–H and O–H groups in total. The van der Waals surface area contributed by atoms with Crippen molar-refractivity contribution >= 4 is 11.6 Å². The Hall–Kier alpha value is -3.43. The molecule has 0 aliphatic heterocycles. The normalized spacial score (nSPS) is 10.2. The van der Waals surface area contributed by atoms with Crippen LogP contribution in [-0.2, 0) is 4.79 Å². The molecule has 172 valence electrons. The highest BCUT2D eigenvalue weighted by atomic mass is 35.5. The zero-order valence-electron chi connectivity index (χ0n) is 18.4. The first-order valence-electron chi connectivity index (χ1n) is 9.58. The number of benzene rings is 2. The van der Waals surface area contributed by atoms with Crippen molar-refractivity contribution in [2.75, 3.05) is 40.3 Å². The molecule has 0 atom stereocenters. The highest BCUT2D eigenvalue weighted by Crippen LogP contribution is 2.43. The number of nitrogens with zero attached hydrogens (tertiary/aromatic N) is 1. The first-order valence-corrected chi connectivity index (χ1v) is 9.58. The molecule has 3 rings (SSSR count). The minimum absolute atomic E-state index is 0. The largest absolute Gasteiger partial charge is 1.00 e. The molecule has 0 spiro atoms. The fourth-order valence-corrected chi connectivity index (χ4v) is 3.21. The number of rotatable bonds is 9. The maximum atomic E-state index is 12.1. The third-order valence-corrected chi connectivity index (χ3v) is 4.70. The van der Waals surface area contributed by atoms with Crippen molar-refractivity contribution in [2.45, 2.75) is 6.42 Å². The van der Waals surface area contributed by atoms with E-state index in [0.29, 0.717) is 47.3 Å². The second-order valence-electron chi connectivity index (χ2n) is 6.56. The Morgan fingerprint density at radius 1 is 0.969 bits per heavy atom. The van der Waals surface area contributed by atoms with E-state index in [1.54, 1.807) is 52.9 Å². The minimum atomic E-state index is -0.138. The summed E-state index contributed by atoms with van der Waals surface area (Å²) in [7, 11) is 6.19. The van der Waals surface area contributed by atoms with Gasteiger partial charge in [-0.15, -0.1) is 0 Å². The number of carbonyl (C=O) groups excluding carboxylic acids is 1. The molecule has 0 fully saturated rings. The molecule has 0 aliphatic rings. The number of quaternary nitrogens is 1. The average Bonchev–Trinajstić information content (AvgIpc) is 3.28. The number of ether oxygens (including phenoxy) is 4. The quantitative estimate of drug-likeness (QED) is 0.443. The maximum absolute atomic E-state index is 12.1.